The predicted molar refractivity (Wildman–Crippen MR) is 238 cm³/mol. The molecule has 0 amide bonds. The Balaban J connectivity index is 4.00. The highest BCUT2D eigenvalue weighted by atomic mass is 31.2. The smallest absolute Gasteiger partial charge is 0.457 e. The maximum absolute atomic E-state index is 12.6. The van der Waals surface area contributed by atoms with Gasteiger partial charge in [0, 0.05) is 19.6 Å². The van der Waals surface area contributed by atoms with Crippen molar-refractivity contribution in [2.45, 2.75) is 213 Å². The molecule has 0 radical (unpaired) electrons. The van der Waals surface area contributed by atoms with Gasteiger partial charge < -0.3 is 20.1 Å². The second-order valence-electron chi connectivity index (χ2n) is 15.2. The number of carbonyl (C=O) groups is 1. The van der Waals surface area contributed by atoms with E-state index in [0.717, 1.165) is 64.2 Å². The fraction of sp³-hybridized carbons (Fsp3) is 0.809. The number of hydrogen-bond acceptors (Lipinski definition) is 7. The van der Waals surface area contributed by atoms with Crippen LogP contribution in [0.25, 0.3) is 0 Å². The molecule has 2 atom stereocenters. The van der Waals surface area contributed by atoms with E-state index in [1.54, 1.807) is 0 Å². The van der Waals surface area contributed by atoms with Gasteiger partial charge in [-0.25, -0.2) is 4.57 Å². The van der Waals surface area contributed by atoms with E-state index in [1.165, 1.54) is 122 Å². The predicted octanol–water partition coefficient (Wildman–Crippen LogP) is 14.0. The first-order chi connectivity index (χ1) is 27.4. The molecular weight excluding hydrogens is 721 g/mol. The summed E-state index contributed by atoms with van der Waals surface area (Å²) in [6.07, 6.45) is 52.7. The number of esters is 1. The lowest BCUT2D eigenvalue weighted by Crippen LogP contribution is -2.28. The normalized spacial score (nSPS) is 13.9. The van der Waals surface area contributed by atoms with E-state index in [9.17, 15) is 14.3 Å². The van der Waals surface area contributed by atoms with E-state index in [1.807, 2.05) is 0 Å². The van der Waals surface area contributed by atoms with E-state index in [-0.39, 0.29) is 32.3 Å². The molecule has 0 aromatic rings. The lowest BCUT2D eigenvalue weighted by Gasteiger charge is -2.20. The molecule has 56 heavy (non-hydrogen) atoms. The molecular formula is C47H88NO7P. The van der Waals surface area contributed by atoms with Crippen molar-refractivity contribution in [1.29, 1.82) is 0 Å². The van der Waals surface area contributed by atoms with Gasteiger partial charge in [0.1, 0.15) is 6.10 Å². The van der Waals surface area contributed by atoms with Crippen LogP contribution in [0, 0.1) is 0 Å². The Morgan fingerprint density at radius 2 is 1.00 bits per heavy atom. The van der Waals surface area contributed by atoms with E-state index in [2.05, 4.69) is 62.5 Å². The first kappa shape index (κ1) is 54.5. The average Bonchev–Trinajstić information content (AvgIpc) is 3.19. The quantitative estimate of drug-likeness (QED) is 0.0270. The van der Waals surface area contributed by atoms with Gasteiger partial charge in [0.15, 0.2) is 0 Å². The third-order valence-electron chi connectivity index (χ3n) is 9.76. The molecule has 3 N–H and O–H groups in total. The van der Waals surface area contributed by atoms with Crippen LogP contribution < -0.4 is 5.73 Å². The second kappa shape index (κ2) is 44.6. The van der Waals surface area contributed by atoms with Gasteiger partial charge >= 0.3 is 13.8 Å². The fourth-order valence-electron chi connectivity index (χ4n) is 6.40. The maximum atomic E-state index is 12.6. The van der Waals surface area contributed by atoms with Crippen molar-refractivity contribution in [2.75, 3.05) is 33.0 Å². The highest BCUT2D eigenvalue weighted by Gasteiger charge is 2.25. The van der Waals surface area contributed by atoms with Crippen LogP contribution in [0.2, 0.25) is 0 Å². The van der Waals surface area contributed by atoms with Crippen molar-refractivity contribution in [3.05, 3.63) is 48.6 Å². The minimum Gasteiger partial charge on any atom is -0.457 e. The summed E-state index contributed by atoms with van der Waals surface area (Å²) in [6, 6.07) is 0. The highest BCUT2D eigenvalue weighted by Crippen LogP contribution is 2.43. The summed E-state index contributed by atoms with van der Waals surface area (Å²) in [5.41, 5.74) is 5.38. The average molecular weight is 810 g/mol. The molecule has 0 aromatic heterocycles. The molecule has 328 valence electrons. The van der Waals surface area contributed by atoms with Crippen LogP contribution in [0.15, 0.2) is 48.6 Å². The molecule has 0 aliphatic carbocycles. The van der Waals surface area contributed by atoms with Gasteiger partial charge in [-0.2, -0.15) is 0 Å². The lowest BCUT2D eigenvalue weighted by molar-refractivity contribution is -0.154. The van der Waals surface area contributed by atoms with Crippen molar-refractivity contribution in [3.63, 3.8) is 0 Å². The van der Waals surface area contributed by atoms with Gasteiger partial charge in [0.25, 0.3) is 0 Å². The standard InChI is InChI=1S/C47H88NO7P/c1-3-5-7-9-11-13-15-17-19-21-22-23-24-25-26-28-30-32-34-36-38-40-47(49)55-46(45-54-56(50,51)53-43-41-48)44-52-42-39-37-35-33-31-29-27-20-18-16-14-12-10-8-6-4-2/h5,7,11,13,17,19,22-23,46H,3-4,6,8-10,12,14-16,18,20-21,24-45,48H2,1-2H3,(H,50,51)/b7-5-,13-11-,19-17-,23-22-. The molecule has 0 fully saturated rings. The Labute approximate surface area is 345 Å². The number of unbranched alkanes of at least 4 members (excludes halogenated alkanes) is 23. The summed E-state index contributed by atoms with van der Waals surface area (Å²) in [7, 11) is -4.28. The Bertz CT molecular complexity index is 999. The largest absolute Gasteiger partial charge is 0.472 e. The van der Waals surface area contributed by atoms with E-state index in [0.29, 0.717) is 13.0 Å². The summed E-state index contributed by atoms with van der Waals surface area (Å²) in [6.45, 7) is 4.83. The molecule has 0 rings (SSSR count). The Hall–Kier alpha value is -1.54. The zero-order chi connectivity index (χ0) is 40.9. The zero-order valence-electron chi connectivity index (χ0n) is 36.4. The number of nitrogens with two attached hydrogens (primary N) is 1. The van der Waals surface area contributed by atoms with Gasteiger partial charge in [-0.3, -0.25) is 13.8 Å². The van der Waals surface area contributed by atoms with Gasteiger partial charge in [-0.15, -0.1) is 0 Å². The van der Waals surface area contributed by atoms with Crippen molar-refractivity contribution in [1.82, 2.24) is 0 Å². The first-order valence-electron chi connectivity index (χ1n) is 23.1. The van der Waals surface area contributed by atoms with Crippen LogP contribution in [0.1, 0.15) is 206 Å². The Kier molecular flexibility index (Phi) is 43.3. The molecule has 0 saturated carbocycles. The third kappa shape index (κ3) is 43.6. The molecule has 2 unspecified atom stereocenters. The monoisotopic (exact) mass is 810 g/mol. The third-order valence-corrected chi connectivity index (χ3v) is 10.7. The summed E-state index contributed by atoms with van der Waals surface area (Å²) in [5.74, 6) is -0.337. The summed E-state index contributed by atoms with van der Waals surface area (Å²) < 4.78 is 33.5. The molecule has 0 spiro atoms. The van der Waals surface area contributed by atoms with E-state index < -0.39 is 13.9 Å². The molecule has 0 aliphatic heterocycles. The zero-order valence-corrected chi connectivity index (χ0v) is 37.3. The summed E-state index contributed by atoms with van der Waals surface area (Å²) >= 11 is 0. The van der Waals surface area contributed by atoms with Crippen molar-refractivity contribution in [2.24, 2.45) is 5.73 Å². The molecule has 0 saturated heterocycles. The van der Waals surface area contributed by atoms with Gasteiger partial charge in [-0.1, -0.05) is 197 Å². The molecule has 0 heterocycles. The van der Waals surface area contributed by atoms with Crippen molar-refractivity contribution >= 4 is 13.8 Å². The van der Waals surface area contributed by atoms with Crippen molar-refractivity contribution in [3.8, 4) is 0 Å². The lowest BCUT2D eigenvalue weighted by atomic mass is 10.0. The number of allylic oxidation sites excluding steroid dienone is 8. The number of rotatable bonds is 44. The second-order valence-corrected chi connectivity index (χ2v) is 16.7. The van der Waals surface area contributed by atoms with Crippen LogP contribution in [-0.2, 0) is 27.9 Å². The van der Waals surface area contributed by atoms with Gasteiger partial charge in [0.05, 0.1) is 19.8 Å². The summed E-state index contributed by atoms with van der Waals surface area (Å²) in [4.78, 5) is 22.5. The first-order valence-corrected chi connectivity index (χ1v) is 24.6. The Morgan fingerprint density at radius 3 is 1.50 bits per heavy atom. The minimum atomic E-state index is -4.28. The maximum Gasteiger partial charge on any atom is 0.472 e. The molecule has 0 aliphatic rings. The minimum absolute atomic E-state index is 0.0972. The van der Waals surface area contributed by atoms with Gasteiger partial charge in [0.2, 0.25) is 0 Å². The molecule has 0 aromatic carbocycles. The fourth-order valence-corrected chi connectivity index (χ4v) is 7.17. The number of hydrogen-bond donors (Lipinski definition) is 2. The number of phosphoric acid groups is 1. The molecule has 9 heteroatoms. The highest BCUT2D eigenvalue weighted by molar-refractivity contribution is 7.47. The number of phosphoric ester groups is 1. The van der Waals surface area contributed by atoms with Crippen LogP contribution in [0.5, 0.6) is 0 Å². The SMILES string of the molecule is CC/C=C\C/C=C\C/C=C\C/C=C\CCCCCCCCCCC(=O)OC(COCCCCCCCCCCCCCCCCCC)COP(=O)(O)OCCN. The van der Waals surface area contributed by atoms with E-state index in [4.69, 9.17) is 24.3 Å². The van der Waals surface area contributed by atoms with Crippen LogP contribution in [0.4, 0.5) is 0 Å². The van der Waals surface area contributed by atoms with Crippen LogP contribution in [-0.4, -0.2) is 49.9 Å². The van der Waals surface area contributed by atoms with Crippen LogP contribution in [0.3, 0.4) is 0 Å². The van der Waals surface area contributed by atoms with E-state index >= 15 is 0 Å². The summed E-state index contributed by atoms with van der Waals surface area (Å²) in [5, 5.41) is 0. The topological polar surface area (TPSA) is 117 Å². The van der Waals surface area contributed by atoms with Crippen molar-refractivity contribution < 1.29 is 32.8 Å². The molecule has 0 bridgehead atoms. The van der Waals surface area contributed by atoms with Crippen LogP contribution >= 0.6 is 7.82 Å². The molecule has 8 nitrogen and oxygen atoms in total. The Morgan fingerprint density at radius 1 is 0.554 bits per heavy atom. The number of ether oxygens (including phenoxy) is 2. The van der Waals surface area contributed by atoms with Gasteiger partial charge in [-0.05, 0) is 51.4 Å². The number of carbonyl (C=O) groups excluding carboxylic acids is 1.